The summed E-state index contributed by atoms with van der Waals surface area (Å²) in [6.45, 7) is 2.31. The average Bonchev–Trinajstić information content (AvgIpc) is 3.22. The third kappa shape index (κ3) is 3.16. The molecule has 1 amide bonds. The molecule has 0 aliphatic heterocycles. The second kappa shape index (κ2) is 5.47. The maximum absolute atomic E-state index is 11.8. The van der Waals surface area contributed by atoms with Gasteiger partial charge in [-0.25, -0.2) is 4.98 Å². The van der Waals surface area contributed by atoms with Gasteiger partial charge in [0.25, 0.3) is 5.56 Å². The van der Waals surface area contributed by atoms with E-state index in [9.17, 15) is 9.59 Å². The van der Waals surface area contributed by atoms with Gasteiger partial charge in [-0.3, -0.25) is 14.6 Å². The van der Waals surface area contributed by atoms with Gasteiger partial charge in [-0.1, -0.05) is 13.0 Å². The molecule has 1 fully saturated rings. The van der Waals surface area contributed by atoms with Crippen LogP contribution in [0.15, 0.2) is 35.3 Å². The number of hydrogen-bond acceptors (Lipinski definition) is 4. The fraction of sp³-hybridized carbons (Fsp3) is 0.333. The molecule has 6 heteroatoms. The summed E-state index contributed by atoms with van der Waals surface area (Å²) in [6.07, 6.45) is 2.58. The minimum atomic E-state index is -0.255. The fourth-order valence-corrected chi connectivity index (χ4v) is 2.22. The van der Waals surface area contributed by atoms with Crippen molar-refractivity contribution in [2.75, 3.05) is 0 Å². The first kappa shape index (κ1) is 13.5. The van der Waals surface area contributed by atoms with Crippen molar-refractivity contribution in [3.63, 3.8) is 0 Å². The Bertz CT molecular complexity index is 711. The fourth-order valence-electron chi connectivity index (χ4n) is 2.22. The molecule has 0 unspecified atom stereocenters. The van der Waals surface area contributed by atoms with Crippen molar-refractivity contribution in [3.8, 4) is 11.5 Å². The standard InChI is InChI=1S/C15H16N4O2/c1-9-6-11(9)15(21)17-8-10-7-13(20)19-14(18-10)12-4-2-3-5-16-12/h2-5,7,9,11H,6,8H2,1H3,(H,17,21)(H,18,19,20)/t9-,11+/m1/s1. The van der Waals surface area contributed by atoms with Gasteiger partial charge in [0.2, 0.25) is 5.91 Å². The molecule has 1 aliphatic rings. The van der Waals surface area contributed by atoms with Gasteiger partial charge in [-0.05, 0) is 24.5 Å². The van der Waals surface area contributed by atoms with Crippen LogP contribution in [0.3, 0.4) is 0 Å². The van der Waals surface area contributed by atoms with Gasteiger partial charge in [-0.2, -0.15) is 0 Å². The molecular weight excluding hydrogens is 268 g/mol. The van der Waals surface area contributed by atoms with Gasteiger partial charge in [0, 0.05) is 18.2 Å². The first-order valence-corrected chi connectivity index (χ1v) is 6.93. The zero-order valence-corrected chi connectivity index (χ0v) is 11.7. The summed E-state index contributed by atoms with van der Waals surface area (Å²) in [6, 6.07) is 6.78. The van der Waals surface area contributed by atoms with E-state index in [2.05, 4.69) is 27.2 Å². The predicted molar refractivity (Wildman–Crippen MR) is 77.2 cm³/mol. The minimum absolute atomic E-state index is 0.0315. The Labute approximate surface area is 121 Å². The Morgan fingerprint density at radius 1 is 1.48 bits per heavy atom. The van der Waals surface area contributed by atoms with Crippen LogP contribution in [-0.4, -0.2) is 20.9 Å². The molecule has 1 saturated carbocycles. The van der Waals surface area contributed by atoms with Crippen molar-refractivity contribution in [1.82, 2.24) is 20.3 Å². The van der Waals surface area contributed by atoms with Crippen LogP contribution >= 0.6 is 0 Å². The molecule has 0 aromatic carbocycles. The summed E-state index contributed by atoms with van der Waals surface area (Å²) in [5.41, 5.74) is 0.870. The number of aromatic nitrogens is 3. The van der Waals surface area contributed by atoms with E-state index in [0.29, 0.717) is 23.1 Å². The van der Waals surface area contributed by atoms with Crippen LogP contribution in [0.1, 0.15) is 19.0 Å². The largest absolute Gasteiger partial charge is 0.350 e. The molecule has 2 atom stereocenters. The molecule has 21 heavy (non-hydrogen) atoms. The summed E-state index contributed by atoms with van der Waals surface area (Å²) < 4.78 is 0. The van der Waals surface area contributed by atoms with Gasteiger partial charge in [0.05, 0.1) is 12.2 Å². The molecule has 2 aromatic heterocycles. The zero-order chi connectivity index (χ0) is 14.8. The maximum Gasteiger partial charge on any atom is 0.251 e. The van der Waals surface area contributed by atoms with Crippen molar-refractivity contribution in [2.45, 2.75) is 19.9 Å². The van der Waals surface area contributed by atoms with Crippen molar-refractivity contribution < 1.29 is 4.79 Å². The predicted octanol–water partition coefficient (Wildman–Crippen LogP) is 1.10. The lowest BCUT2D eigenvalue weighted by Crippen LogP contribution is -2.26. The topological polar surface area (TPSA) is 87.7 Å². The van der Waals surface area contributed by atoms with E-state index in [-0.39, 0.29) is 23.9 Å². The number of nitrogens with zero attached hydrogens (tertiary/aromatic N) is 2. The monoisotopic (exact) mass is 284 g/mol. The van der Waals surface area contributed by atoms with Crippen molar-refractivity contribution in [3.05, 3.63) is 46.5 Å². The van der Waals surface area contributed by atoms with Gasteiger partial charge >= 0.3 is 0 Å². The Balaban J connectivity index is 1.75. The van der Waals surface area contributed by atoms with E-state index in [4.69, 9.17) is 0 Å². The zero-order valence-electron chi connectivity index (χ0n) is 11.7. The first-order valence-electron chi connectivity index (χ1n) is 6.93. The second-order valence-electron chi connectivity index (χ2n) is 5.34. The molecule has 108 valence electrons. The third-order valence-corrected chi connectivity index (χ3v) is 3.59. The number of carbonyl (C=O) groups excluding carboxylic acids is 1. The highest BCUT2D eigenvalue weighted by molar-refractivity contribution is 5.81. The Morgan fingerprint density at radius 3 is 2.95 bits per heavy atom. The smallest absolute Gasteiger partial charge is 0.251 e. The van der Waals surface area contributed by atoms with Crippen molar-refractivity contribution in [1.29, 1.82) is 0 Å². The molecule has 2 N–H and O–H groups in total. The number of carbonyl (C=O) groups is 1. The summed E-state index contributed by atoms with van der Waals surface area (Å²) in [5.74, 6) is 1.01. The number of rotatable bonds is 4. The highest BCUT2D eigenvalue weighted by atomic mass is 16.2. The number of pyridine rings is 1. The van der Waals surface area contributed by atoms with Crippen molar-refractivity contribution >= 4 is 5.91 Å². The van der Waals surface area contributed by atoms with Crippen LogP contribution in [-0.2, 0) is 11.3 Å². The van der Waals surface area contributed by atoms with E-state index in [1.165, 1.54) is 6.07 Å². The third-order valence-electron chi connectivity index (χ3n) is 3.59. The Morgan fingerprint density at radius 2 is 2.29 bits per heavy atom. The maximum atomic E-state index is 11.8. The van der Waals surface area contributed by atoms with Crippen LogP contribution in [0.5, 0.6) is 0 Å². The average molecular weight is 284 g/mol. The van der Waals surface area contributed by atoms with E-state index in [1.54, 1.807) is 18.3 Å². The van der Waals surface area contributed by atoms with E-state index >= 15 is 0 Å². The molecule has 2 aromatic rings. The number of hydrogen-bond donors (Lipinski definition) is 2. The Hall–Kier alpha value is -2.50. The number of amides is 1. The second-order valence-corrected chi connectivity index (χ2v) is 5.34. The summed E-state index contributed by atoms with van der Waals surface area (Å²) in [7, 11) is 0. The molecule has 1 aliphatic carbocycles. The first-order chi connectivity index (χ1) is 10.1. The molecule has 0 bridgehead atoms. The van der Waals surface area contributed by atoms with Crippen molar-refractivity contribution in [2.24, 2.45) is 11.8 Å². The molecule has 0 saturated heterocycles. The molecule has 6 nitrogen and oxygen atoms in total. The van der Waals surface area contributed by atoms with Gasteiger partial charge < -0.3 is 10.3 Å². The van der Waals surface area contributed by atoms with Gasteiger partial charge in [0.1, 0.15) is 5.69 Å². The van der Waals surface area contributed by atoms with Crippen LogP contribution < -0.4 is 10.9 Å². The van der Waals surface area contributed by atoms with Crippen LogP contribution in [0.4, 0.5) is 0 Å². The molecule has 2 heterocycles. The van der Waals surface area contributed by atoms with Crippen LogP contribution in [0.25, 0.3) is 11.5 Å². The minimum Gasteiger partial charge on any atom is -0.350 e. The SMILES string of the molecule is C[C@@H]1C[C@@H]1C(=O)NCc1cc(=O)[nH]c(-c2ccccn2)n1. The van der Waals surface area contributed by atoms with E-state index in [0.717, 1.165) is 6.42 Å². The quantitative estimate of drug-likeness (QED) is 0.880. The highest BCUT2D eigenvalue weighted by Crippen LogP contribution is 2.37. The van der Waals surface area contributed by atoms with Gasteiger partial charge in [-0.15, -0.1) is 0 Å². The van der Waals surface area contributed by atoms with E-state index < -0.39 is 0 Å². The Kier molecular flexibility index (Phi) is 3.51. The molecule has 3 rings (SSSR count). The molecule has 0 radical (unpaired) electrons. The normalized spacial score (nSPS) is 20.0. The van der Waals surface area contributed by atoms with E-state index in [1.807, 2.05) is 6.07 Å². The summed E-state index contributed by atoms with van der Waals surface area (Å²) >= 11 is 0. The number of nitrogens with one attached hydrogen (secondary N) is 2. The molecule has 0 spiro atoms. The summed E-state index contributed by atoms with van der Waals surface area (Å²) in [5, 5.41) is 2.82. The van der Waals surface area contributed by atoms with Gasteiger partial charge in [0.15, 0.2) is 5.82 Å². The highest BCUT2D eigenvalue weighted by Gasteiger charge is 2.38. The van der Waals surface area contributed by atoms with Crippen LogP contribution in [0.2, 0.25) is 0 Å². The molecular formula is C15H16N4O2. The number of aromatic amines is 1. The lowest BCUT2D eigenvalue weighted by molar-refractivity contribution is -0.122. The lowest BCUT2D eigenvalue weighted by Gasteiger charge is -2.06. The number of H-pyrrole nitrogens is 1. The summed E-state index contributed by atoms with van der Waals surface area (Å²) in [4.78, 5) is 34.6. The van der Waals surface area contributed by atoms with Crippen LogP contribution in [0, 0.1) is 11.8 Å². The lowest BCUT2D eigenvalue weighted by atomic mass is 10.3.